The van der Waals surface area contributed by atoms with Gasteiger partial charge < -0.3 is 5.11 Å². The maximum absolute atomic E-state index is 8.66. The molecule has 0 heterocycles. The third kappa shape index (κ3) is 0.672. The molecule has 0 saturated heterocycles. The second-order valence-corrected chi connectivity index (χ2v) is 2.16. The summed E-state index contributed by atoms with van der Waals surface area (Å²) < 4.78 is 0. The second kappa shape index (κ2) is 1.47. The summed E-state index contributed by atoms with van der Waals surface area (Å²) in [5, 5.41) is 11.0. The first-order valence-electron chi connectivity index (χ1n) is 2.91. The molecule has 0 fully saturated rings. The van der Waals surface area contributed by atoms with Gasteiger partial charge in [0.1, 0.15) is 0 Å². The van der Waals surface area contributed by atoms with Gasteiger partial charge in [-0.3, -0.25) is 0 Å². The van der Waals surface area contributed by atoms with Gasteiger partial charge in [-0.05, 0) is 17.7 Å². The minimum absolute atomic E-state index is 0.134. The minimum atomic E-state index is 0.134. The summed E-state index contributed by atoms with van der Waals surface area (Å²) in [5.74, 6) is 0. The van der Waals surface area contributed by atoms with Crippen LogP contribution >= 0.6 is 0 Å². The zero-order valence-electron chi connectivity index (χ0n) is 4.89. The van der Waals surface area contributed by atoms with Gasteiger partial charge in [-0.15, -0.1) is 5.73 Å². The quantitative estimate of drug-likeness (QED) is 0.522. The average molecular weight is 118 g/mol. The van der Waals surface area contributed by atoms with Crippen LogP contribution in [0.5, 0.6) is 0 Å². The van der Waals surface area contributed by atoms with Gasteiger partial charge in [-0.2, -0.15) is 0 Å². The molecule has 1 aliphatic carbocycles. The highest BCUT2D eigenvalue weighted by Crippen LogP contribution is 1.90. The summed E-state index contributed by atoms with van der Waals surface area (Å²) in [7, 11) is 0. The van der Waals surface area contributed by atoms with E-state index in [4.69, 9.17) is 5.11 Å². The summed E-state index contributed by atoms with van der Waals surface area (Å²) in [6, 6.07) is 5.84. The number of hydrogen-bond acceptors (Lipinski definition) is 1. The molecule has 0 aliphatic heterocycles. The van der Waals surface area contributed by atoms with Crippen molar-refractivity contribution in [2.24, 2.45) is 0 Å². The number of benzene rings is 1. The molecule has 2 rings (SSSR count). The van der Waals surface area contributed by atoms with Crippen molar-refractivity contribution in [2.45, 2.75) is 6.61 Å². The van der Waals surface area contributed by atoms with E-state index in [1.807, 2.05) is 18.2 Å². The number of aliphatic hydroxyl groups excluding tert-OH is 1. The van der Waals surface area contributed by atoms with E-state index < -0.39 is 0 Å². The molecular weight excluding hydrogens is 112 g/mol. The van der Waals surface area contributed by atoms with E-state index in [1.54, 1.807) is 0 Å². The predicted octanol–water partition coefficient (Wildman–Crippen LogP) is -0.757. The first kappa shape index (κ1) is 4.80. The Morgan fingerprint density at radius 2 is 2.22 bits per heavy atom. The fraction of sp³-hybridized carbons (Fsp3) is 0.125. The summed E-state index contributed by atoms with van der Waals surface area (Å²) >= 11 is 0. The van der Waals surface area contributed by atoms with Crippen molar-refractivity contribution in [1.82, 2.24) is 0 Å². The largest absolute Gasteiger partial charge is 0.392 e. The molecule has 0 radical (unpaired) electrons. The van der Waals surface area contributed by atoms with Crippen LogP contribution < -0.4 is 10.4 Å². The molecule has 1 nitrogen and oxygen atoms in total. The van der Waals surface area contributed by atoms with Crippen LogP contribution in [-0.2, 0) is 6.61 Å². The van der Waals surface area contributed by atoms with E-state index in [9.17, 15) is 0 Å². The Hall–Kier alpha value is -1.04. The molecule has 0 saturated carbocycles. The zero-order valence-corrected chi connectivity index (χ0v) is 4.89. The smallest absolute Gasteiger partial charge is 0.0682 e. The molecular formula is C8H6O. The topological polar surface area (TPSA) is 20.2 Å². The molecule has 0 unspecified atom stereocenters. The van der Waals surface area contributed by atoms with Crippen LogP contribution in [0.2, 0.25) is 0 Å². The Balaban J connectivity index is 2.58. The van der Waals surface area contributed by atoms with Gasteiger partial charge in [0.15, 0.2) is 0 Å². The zero-order chi connectivity index (χ0) is 6.27. The lowest BCUT2D eigenvalue weighted by atomic mass is 10.2. The van der Waals surface area contributed by atoms with Gasteiger partial charge in [0.25, 0.3) is 0 Å². The van der Waals surface area contributed by atoms with Crippen LogP contribution in [0.25, 0.3) is 5.73 Å². The molecule has 1 N–H and O–H groups in total. The monoisotopic (exact) mass is 118 g/mol. The lowest BCUT2D eigenvalue weighted by Gasteiger charge is -1.87. The Morgan fingerprint density at radius 1 is 1.33 bits per heavy atom. The number of aliphatic hydroxyl groups is 1. The van der Waals surface area contributed by atoms with Gasteiger partial charge in [-0.1, -0.05) is 6.07 Å². The van der Waals surface area contributed by atoms with E-state index in [0.717, 1.165) is 10.8 Å². The molecule has 1 aliphatic rings. The molecule has 44 valence electrons. The van der Waals surface area contributed by atoms with Crippen LogP contribution in [-0.4, -0.2) is 5.11 Å². The van der Waals surface area contributed by atoms with Crippen molar-refractivity contribution in [3.63, 3.8) is 0 Å². The van der Waals surface area contributed by atoms with Gasteiger partial charge >= 0.3 is 0 Å². The third-order valence-electron chi connectivity index (χ3n) is 1.47. The maximum Gasteiger partial charge on any atom is 0.0682 e. The lowest BCUT2D eigenvalue weighted by molar-refractivity contribution is 0.282. The van der Waals surface area contributed by atoms with E-state index in [0.29, 0.717) is 0 Å². The third-order valence-corrected chi connectivity index (χ3v) is 1.47. The minimum Gasteiger partial charge on any atom is -0.392 e. The van der Waals surface area contributed by atoms with E-state index in [2.05, 4.69) is 5.73 Å². The Morgan fingerprint density at radius 3 is 2.89 bits per heavy atom. The first-order chi connectivity index (χ1) is 4.40. The molecule has 0 atom stereocenters. The van der Waals surface area contributed by atoms with Crippen LogP contribution in [0.4, 0.5) is 0 Å². The van der Waals surface area contributed by atoms with E-state index >= 15 is 0 Å². The van der Waals surface area contributed by atoms with Crippen molar-refractivity contribution in [1.29, 1.82) is 0 Å². The van der Waals surface area contributed by atoms with Crippen LogP contribution in [0, 0.1) is 0 Å². The van der Waals surface area contributed by atoms with Crippen molar-refractivity contribution in [3.05, 3.63) is 34.2 Å². The average Bonchev–Trinajstić information content (AvgIpc) is 2.64. The SMILES string of the molecule is OCc1ccc2c(c1)=C=2. The van der Waals surface area contributed by atoms with Gasteiger partial charge in [0.2, 0.25) is 0 Å². The van der Waals surface area contributed by atoms with Crippen LogP contribution in [0.1, 0.15) is 5.56 Å². The van der Waals surface area contributed by atoms with Crippen molar-refractivity contribution in [2.75, 3.05) is 0 Å². The lowest BCUT2D eigenvalue weighted by Crippen LogP contribution is -2.06. The summed E-state index contributed by atoms with van der Waals surface area (Å²) in [4.78, 5) is 0. The highest BCUT2D eigenvalue weighted by Gasteiger charge is 1.95. The highest BCUT2D eigenvalue weighted by atomic mass is 16.3. The molecule has 1 aromatic rings. The number of fused-ring (bicyclic) bond motifs is 1. The van der Waals surface area contributed by atoms with Crippen LogP contribution in [0.15, 0.2) is 18.2 Å². The maximum atomic E-state index is 8.66. The molecule has 0 aromatic heterocycles. The summed E-state index contributed by atoms with van der Waals surface area (Å²) in [6.45, 7) is 0.134. The van der Waals surface area contributed by atoms with E-state index in [1.165, 1.54) is 5.22 Å². The molecule has 0 amide bonds. The highest BCUT2D eigenvalue weighted by molar-refractivity contribution is 5.39. The van der Waals surface area contributed by atoms with E-state index in [-0.39, 0.29) is 6.61 Å². The molecule has 0 spiro atoms. The Kier molecular flexibility index (Phi) is 0.786. The van der Waals surface area contributed by atoms with Crippen molar-refractivity contribution in [3.8, 4) is 0 Å². The normalized spacial score (nSPS) is 11.2. The van der Waals surface area contributed by atoms with Crippen LogP contribution in [0.3, 0.4) is 0 Å². The fourth-order valence-electron chi connectivity index (χ4n) is 0.881. The van der Waals surface area contributed by atoms with Crippen molar-refractivity contribution < 1.29 is 5.11 Å². The predicted molar refractivity (Wildman–Crippen MR) is 34.1 cm³/mol. The summed E-state index contributed by atoms with van der Waals surface area (Å²) in [6.07, 6.45) is 0. The first-order valence-corrected chi connectivity index (χ1v) is 2.91. The van der Waals surface area contributed by atoms with Gasteiger partial charge in [0.05, 0.1) is 6.61 Å². The van der Waals surface area contributed by atoms with Gasteiger partial charge in [-0.25, -0.2) is 0 Å². The Bertz CT molecular complexity index is 359. The molecule has 9 heavy (non-hydrogen) atoms. The van der Waals surface area contributed by atoms with Gasteiger partial charge in [0, 0.05) is 10.4 Å². The number of rotatable bonds is 1. The molecule has 1 aromatic carbocycles. The van der Waals surface area contributed by atoms with Crippen molar-refractivity contribution >= 4 is 5.73 Å². The standard InChI is InChI=1S/C8H6O/c9-5-6-1-2-7-4-8(7)3-6/h1-3,9H,5H2. The number of hydrogen-bond donors (Lipinski definition) is 1. The molecule has 0 bridgehead atoms. The summed E-state index contributed by atoms with van der Waals surface area (Å²) in [5.41, 5.74) is 4.02. The Labute approximate surface area is 52.6 Å². The second-order valence-electron chi connectivity index (χ2n) is 2.16. The fourth-order valence-corrected chi connectivity index (χ4v) is 0.881. The molecule has 1 heteroatoms.